The van der Waals surface area contributed by atoms with Gasteiger partial charge in [-0.1, -0.05) is 0 Å². The fraction of sp³-hybridized carbons (Fsp3) is 0.357. The molecule has 1 aromatic rings. The minimum atomic E-state index is -3.79. The molecule has 2 rings (SSSR count). The molecule has 0 aromatic heterocycles. The standard InChI is InChI=1S/C14H18N4O5S/c15-14(21)17-12(19)7-8-16-24(22,23)11-5-3-10(4-6-11)18-9-1-2-13(18)20/h3-6,16H,1-2,7-9H2,(H3,15,17,19,21). The Morgan fingerprint density at radius 3 is 2.42 bits per heavy atom. The van der Waals surface area contributed by atoms with Crippen molar-refractivity contribution >= 4 is 33.6 Å². The van der Waals surface area contributed by atoms with Crippen molar-refractivity contribution in [2.75, 3.05) is 18.0 Å². The molecule has 24 heavy (non-hydrogen) atoms. The van der Waals surface area contributed by atoms with Gasteiger partial charge in [0, 0.05) is 31.6 Å². The number of hydrogen-bond acceptors (Lipinski definition) is 5. The summed E-state index contributed by atoms with van der Waals surface area (Å²) in [6, 6.07) is 4.93. The third kappa shape index (κ3) is 4.52. The summed E-state index contributed by atoms with van der Waals surface area (Å²) in [5.74, 6) is -0.655. The quantitative estimate of drug-likeness (QED) is 0.642. The summed E-state index contributed by atoms with van der Waals surface area (Å²) in [5, 5.41) is 1.84. The predicted octanol–water partition coefficient (Wildman–Crippen LogP) is -0.323. The van der Waals surface area contributed by atoms with Crippen LogP contribution in [0.3, 0.4) is 0 Å². The number of nitrogens with one attached hydrogen (secondary N) is 2. The number of sulfonamides is 1. The first kappa shape index (κ1) is 17.9. The Morgan fingerprint density at radius 1 is 1.21 bits per heavy atom. The van der Waals surface area contributed by atoms with E-state index < -0.39 is 22.0 Å². The predicted molar refractivity (Wildman–Crippen MR) is 85.6 cm³/mol. The summed E-state index contributed by atoms with van der Waals surface area (Å²) in [7, 11) is -3.79. The van der Waals surface area contributed by atoms with Crippen molar-refractivity contribution in [1.29, 1.82) is 0 Å². The summed E-state index contributed by atoms with van der Waals surface area (Å²) >= 11 is 0. The number of hydrogen-bond donors (Lipinski definition) is 3. The van der Waals surface area contributed by atoms with Crippen LogP contribution in [0.15, 0.2) is 29.2 Å². The Bertz CT molecular complexity index is 745. The molecule has 1 aromatic carbocycles. The van der Waals surface area contributed by atoms with Gasteiger partial charge in [-0.3, -0.25) is 14.9 Å². The van der Waals surface area contributed by atoms with Crippen molar-refractivity contribution in [3.8, 4) is 0 Å². The molecule has 0 aliphatic carbocycles. The van der Waals surface area contributed by atoms with Gasteiger partial charge in [0.05, 0.1) is 4.90 Å². The van der Waals surface area contributed by atoms with E-state index in [9.17, 15) is 22.8 Å². The van der Waals surface area contributed by atoms with Crippen molar-refractivity contribution in [3.05, 3.63) is 24.3 Å². The molecule has 0 saturated carbocycles. The molecule has 1 aliphatic rings. The van der Waals surface area contributed by atoms with Crippen LogP contribution >= 0.6 is 0 Å². The number of amides is 4. The van der Waals surface area contributed by atoms with E-state index >= 15 is 0 Å². The van der Waals surface area contributed by atoms with Gasteiger partial charge in [-0.2, -0.15) is 0 Å². The van der Waals surface area contributed by atoms with Gasteiger partial charge in [0.1, 0.15) is 0 Å². The number of imide groups is 1. The number of carbonyl (C=O) groups excluding carboxylic acids is 3. The fourth-order valence-corrected chi connectivity index (χ4v) is 3.34. The molecule has 4 amide bonds. The highest BCUT2D eigenvalue weighted by Gasteiger charge is 2.22. The molecular formula is C14H18N4O5S. The normalized spacial score (nSPS) is 14.7. The molecule has 0 spiro atoms. The third-order valence-corrected chi connectivity index (χ3v) is 4.92. The number of carbonyl (C=O) groups is 3. The Hall–Kier alpha value is -2.46. The Labute approximate surface area is 139 Å². The maximum absolute atomic E-state index is 12.1. The second-order valence-corrected chi connectivity index (χ2v) is 6.97. The van der Waals surface area contributed by atoms with E-state index in [0.717, 1.165) is 6.42 Å². The van der Waals surface area contributed by atoms with E-state index in [0.29, 0.717) is 18.7 Å². The lowest BCUT2D eigenvalue weighted by Crippen LogP contribution is -2.37. The van der Waals surface area contributed by atoms with Crippen molar-refractivity contribution in [1.82, 2.24) is 10.0 Å². The summed E-state index contributed by atoms with van der Waals surface area (Å²) < 4.78 is 26.5. The molecule has 0 radical (unpaired) electrons. The smallest absolute Gasteiger partial charge is 0.318 e. The largest absolute Gasteiger partial charge is 0.351 e. The van der Waals surface area contributed by atoms with E-state index in [1.165, 1.54) is 12.1 Å². The zero-order chi connectivity index (χ0) is 17.7. The molecule has 4 N–H and O–H groups in total. The number of rotatable bonds is 6. The van der Waals surface area contributed by atoms with Gasteiger partial charge in [-0.15, -0.1) is 0 Å². The highest BCUT2D eigenvalue weighted by molar-refractivity contribution is 7.89. The molecule has 0 atom stereocenters. The van der Waals surface area contributed by atoms with Crippen LogP contribution in [0.4, 0.5) is 10.5 Å². The van der Waals surface area contributed by atoms with Gasteiger partial charge in [-0.05, 0) is 30.7 Å². The topological polar surface area (TPSA) is 139 Å². The lowest BCUT2D eigenvalue weighted by molar-refractivity contribution is -0.120. The number of nitrogens with zero attached hydrogens (tertiary/aromatic N) is 1. The maximum atomic E-state index is 12.1. The average molecular weight is 354 g/mol. The summed E-state index contributed by atoms with van der Waals surface area (Å²) in [6.07, 6.45) is 1.06. The number of primary amides is 1. The number of benzene rings is 1. The monoisotopic (exact) mass is 354 g/mol. The molecule has 1 heterocycles. The summed E-state index contributed by atoms with van der Waals surface area (Å²) in [5.41, 5.74) is 5.43. The van der Waals surface area contributed by atoms with Crippen LogP contribution in [0.2, 0.25) is 0 Å². The van der Waals surface area contributed by atoms with E-state index in [4.69, 9.17) is 5.73 Å². The molecule has 10 heteroatoms. The SMILES string of the molecule is NC(=O)NC(=O)CCNS(=O)(=O)c1ccc(N2CCCC2=O)cc1. The second kappa shape index (κ2) is 7.41. The van der Waals surface area contributed by atoms with Crippen molar-refractivity contribution in [3.63, 3.8) is 0 Å². The highest BCUT2D eigenvalue weighted by Crippen LogP contribution is 2.22. The molecule has 0 unspecified atom stereocenters. The maximum Gasteiger partial charge on any atom is 0.318 e. The van der Waals surface area contributed by atoms with Crippen molar-refractivity contribution < 1.29 is 22.8 Å². The number of nitrogens with two attached hydrogens (primary N) is 1. The van der Waals surface area contributed by atoms with Crippen LogP contribution in [0.5, 0.6) is 0 Å². The first-order valence-corrected chi connectivity index (χ1v) is 8.77. The Morgan fingerprint density at radius 2 is 1.88 bits per heavy atom. The van der Waals surface area contributed by atoms with Crippen LogP contribution in [0.25, 0.3) is 0 Å². The van der Waals surface area contributed by atoms with Crippen LogP contribution in [-0.4, -0.2) is 39.4 Å². The molecular weight excluding hydrogens is 336 g/mol. The molecule has 1 saturated heterocycles. The molecule has 1 aliphatic heterocycles. The van der Waals surface area contributed by atoms with Gasteiger partial charge >= 0.3 is 6.03 Å². The Balaban J connectivity index is 1.95. The molecule has 130 valence electrons. The van der Waals surface area contributed by atoms with Gasteiger partial charge < -0.3 is 10.6 Å². The minimum Gasteiger partial charge on any atom is -0.351 e. The zero-order valence-electron chi connectivity index (χ0n) is 12.8. The van der Waals surface area contributed by atoms with Crippen molar-refractivity contribution in [2.24, 2.45) is 5.73 Å². The van der Waals surface area contributed by atoms with Crippen LogP contribution in [0, 0.1) is 0 Å². The first-order chi connectivity index (χ1) is 11.3. The molecule has 1 fully saturated rings. The van der Waals surface area contributed by atoms with Crippen molar-refractivity contribution in [2.45, 2.75) is 24.2 Å². The summed E-state index contributed by atoms with van der Waals surface area (Å²) in [6.45, 7) is 0.450. The van der Waals surface area contributed by atoms with Crippen LogP contribution in [0.1, 0.15) is 19.3 Å². The van der Waals surface area contributed by atoms with Gasteiger partial charge in [0.15, 0.2) is 0 Å². The molecule has 0 bridgehead atoms. The lowest BCUT2D eigenvalue weighted by atomic mass is 10.3. The van der Waals surface area contributed by atoms with E-state index in [1.807, 2.05) is 5.32 Å². The highest BCUT2D eigenvalue weighted by atomic mass is 32.2. The van der Waals surface area contributed by atoms with E-state index in [-0.39, 0.29) is 23.8 Å². The van der Waals surface area contributed by atoms with Gasteiger partial charge in [0.25, 0.3) is 0 Å². The average Bonchev–Trinajstić information content (AvgIpc) is 2.92. The zero-order valence-corrected chi connectivity index (χ0v) is 13.6. The third-order valence-electron chi connectivity index (χ3n) is 3.44. The number of urea groups is 1. The van der Waals surface area contributed by atoms with E-state index in [2.05, 4.69) is 4.72 Å². The van der Waals surface area contributed by atoms with Gasteiger partial charge in [0.2, 0.25) is 21.8 Å². The van der Waals surface area contributed by atoms with Crippen LogP contribution < -0.4 is 20.7 Å². The minimum absolute atomic E-state index is 0.0178. The fourth-order valence-electron chi connectivity index (χ4n) is 2.31. The van der Waals surface area contributed by atoms with E-state index in [1.54, 1.807) is 17.0 Å². The first-order valence-electron chi connectivity index (χ1n) is 7.29. The lowest BCUT2D eigenvalue weighted by Gasteiger charge is -2.16. The second-order valence-electron chi connectivity index (χ2n) is 5.20. The van der Waals surface area contributed by atoms with Gasteiger partial charge in [-0.25, -0.2) is 17.9 Å². The molecule has 9 nitrogen and oxygen atoms in total. The van der Waals surface area contributed by atoms with Crippen LogP contribution in [-0.2, 0) is 19.6 Å². The Kier molecular flexibility index (Phi) is 5.52. The number of anilines is 1. The summed E-state index contributed by atoms with van der Waals surface area (Å²) in [4.78, 5) is 35.0.